The second-order valence-electron chi connectivity index (χ2n) is 16.3. The first kappa shape index (κ1) is 59.8. The summed E-state index contributed by atoms with van der Waals surface area (Å²) in [6, 6.07) is 0. The summed E-state index contributed by atoms with van der Waals surface area (Å²) in [7, 11) is 0. The molecule has 0 amide bonds. The Morgan fingerprint density at radius 1 is 0.328 bits per heavy atom. The summed E-state index contributed by atoms with van der Waals surface area (Å²) in [6.07, 6.45) is 70.4. The Labute approximate surface area is 392 Å². The van der Waals surface area contributed by atoms with Gasteiger partial charge in [0, 0.05) is 19.3 Å². The molecule has 0 aliphatic rings. The second-order valence-corrected chi connectivity index (χ2v) is 16.3. The van der Waals surface area contributed by atoms with E-state index in [0.29, 0.717) is 19.3 Å². The zero-order valence-corrected chi connectivity index (χ0v) is 41.0. The first-order valence-corrected chi connectivity index (χ1v) is 25.5. The first-order chi connectivity index (χ1) is 31.5. The van der Waals surface area contributed by atoms with E-state index in [2.05, 4.69) is 142 Å². The molecule has 6 heteroatoms. The van der Waals surface area contributed by atoms with Crippen LogP contribution in [0.3, 0.4) is 0 Å². The maximum atomic E-state index is 12.8. The van der Waals surface area contributed by atoms with Gasteiger partial charge in [0.2, 0.25) is 0 Å². The molecule has 1 unspecified atom stereocenters. The number of esters is 3. The fourth-order valence-corrected chi connectivity index (χ4v) is 6.38. The van der Waals surface area contributed by atoms with Crippen molar-refractivity contribution in [2.75, 3.05) is 13.2 Å². The number of unbranched alkanes of at least 4 members (excludes halogenated alkanes) is 13. The Balaban J connectivity index is 4.52. The fraction of sp³-hybridized carbons (Fsp3) is 0.603. The minimum atomic E-state index is -0.814. The molecular formula is C58H92O6. The average molecular weight is 885 g/mol. The molecule has 0 fully saturated rings. The van der Waals surface area contributed by atoms with Gasteiger partial charge in [0.1, 0.15) is 13.2 Å². The van der Waals surface area contributed by atoms with Crippen LogP contribution in [-0.4, -0.2) is 37.2 Å². The van der Waals surface area contributed by atoms with Crippen LogP contribution >= 0.6 is 0 Å². The van der Waals surface area contributed by atoms with E-state index in [0.717, 1.165) is 148 Å². The van der Waals surface area contributed by atoms with E-state index in [-0.39, 0.29) is 31.1 Å². The van der Waals surface area contributed by atoms with Gasteiger partial charge in [-0.05, 0) is 122 Å². The molecule has 0 radical (unpaired) electrons. The summed E-state index contributed by atoms with van der Waals surface area (Å²) in [5, 5.41) is 0. The minimum absolute atomic E-state index is 0.113. The van der Waals surface area contributed by atoms with E-state index in [4.69, 9.17) is 14.2 Å². The molecular weight excluding hydrogens is 793 g/mol. The summed E-state index contributed by atoms with van der Waals surface area (Å²) >= 11 is 0. The van der Waals surface area contributed by atoms with Crippen LogP contribution in [0.5, 0.6) is 0 Å². The molecule has 0 aromatic heterocycles. The van der Waals surface area contributed by atoms with E-state index >= 15 is 0 Å². The zero-order valence-electron chi connectivity index (χ0n) is 41.0. The first-order valence-electron chi connectivity index (χ1n) is 25.5. The molecule has 64 heavy (non-hydrogen) atoms. The van der Waals surface area contributed by atoms with Crippen LogP contribution < -0.4 is 0 Å². The Morgan fingerprint density at radius 3 is 0.969 bits per heavy atom. The van der Waals surface area contributed by atoms with Crippen molar-refractivity contribution in [2.24, 2.45) is 0 Å². The lowest BCUT2D eigenvalue weighted by Gasteiger charge is -2.18. The summed E-state index contributed by atoms with van der Waals surface area (Å²) in [5.41, 5.74) is 0. The quantitative estimate of drug-likeness (QED) is 0.0262. The molecule has 0 N–H and O–H groups in total. The topological polar surface area (TPSA) is 78.9 Å². The van der Waals surface area contributed by atoms with Gasteiger partial charge in [0.15, 0.2) is 6.10 Å². The van der Waals surface area contributed by atoms with Gasteiger partial charge in [0.05, 0.1) is 0 Å². The summed E-state index contributed by atoms with van der Waals surface area (Å²) < 4.78 is 16.7. The monoisotopic (exact) mass is 885 g/mol. The molecule has 0 saturated heterocycles. The third-order valence-electron chi connectivity index (χ3n) is 10.2. The number of ether oxygens (including phenoxy) is 3. The highest BCUT2D eigenvalue weighted by Crippen LogP contribution is 2.12. The third kappa shape index (κ3) is 48.8. The molecule has 6 nitrogen and oxygen atoms in total. The zero-order chi connectivity index (χ0) is 46.5. The highest BCUT2D eigenvalue weighted by molar-refractivity contribution is 5.71. The van der Waals surface area contributed by atoms with Crippen molar-refractivity contribution in [1.82, 2.24) is 0 Å². The number of hydrogen-bond acceptors (Lipinski definition) is 6. The smallest absolute Gasteiger partial charge is 0.306 e. The van der Waals surface area contributed by atoms with Crippen molar-refractivity contribution in [1.29, 1.82) is 0 Å². The van der Waals surface area contributed by atoms with E-state index in [1.807, 2.05) is 0 Å². The van der Waals surface area contributed by atoms with Gasteiger partial charge < -0.3 is 14.2 Å². The largest absolute Gasteiger partial charge is 0.462 e. The van der Waals surface area contributed by atoms with Gasteiger partial charge in [-0.25, -0.2) is 0 Å². The van der Waals surface area contributed by atoms with Crippen molar-refractivity contribution >= 4 is 17.9 Å². The van der Waals surface area contributed by atoms with Crippen LogP contribution in [0.25, 0.3) is 0 Å². The van der Waals surface area contributed by atoms with Crippen LogP contribution in [0.2, 0.25) is 0 Å². The molecule has 360 valence electrons. The highest BCUT2D eigenvalue weighted by atomic mass is 16.6. The van der Waals surface area contributed by atoms with Crippen LogP contribution in [0.4, 0.5) is 0 Å². The SMILES string of the molecule is CC/C=C\C/C=C\C/C=C\C/C=C\C/C=C\CCCCCC(=O)OCC(COC(=O)CCCCC/C=C\C/C=C\C/C=C\CC)OC(=O)CCCCCCC/C=C\C/C=C\CCCC. The standard InChI is InChI=1S/C58H92O6/c1-4-7-10-13-16-19-22-25-27-28-29-30-31-34-36-39-42-45-48-51-57(60)63-54-55(53-62-56(59)50-47-44-41-38-35-32-24-21-18-15-12-9-6-3)64-58(61)52-49-46-43-40-37-33-26-23-20-17-14-11-8-5-2/h7,9-10,12,14,16-19,21,23,25-27,29-30,32,34-36,55H,4-6,8,11,13,15,20,22,24,28,31,33,37-54H2,1-3H3/b10-7-,12-9-,17-14-,19-16-,21-18-,26-23-,27-25-,30-29-,35-32-,36-34-. The van der Waals surface area contributed by atoms with E-state index < -0.39 is 6.10 Å². The predicted molar refractivity (Wildman–Crippen MR) is 274 cm³/mol. The van der Waals surface area contributed by atoms with Gasteiger partial charge in [-0.3, -0.25) is 14.4 Å². The molecule has 0 spiro atoms. The van der Waals surface area contributed by atoms with E-state index in [1.54, 1.807) is 0 Å². The van der Waals surface area contributed by atoms with Crippen LogP contribution in [0.1, 0.15) is 207 Å². The molecule has 0 aromatic rings. The molecule has 0 rings (SSSR count). The van der Waals surface area contributed by atoms with E-state index in [1.165, 1.54) is 19.3 Å². The van der Waals surface area contributed by atoms with Crippen molar-refractivity contribution in [3.8, 4) is 0 Å². The van der Waals surface area contributed by atoms with Crippen LogP contribution in [0, 0.1) is 0 Å². The van der Waals surface area contributed by atoms with Gasteiger partial charge in [0.25, 0.3) is 0 Å². The summed E-state index contributed by atoms with van der Waals surface area (Å²) in [6.45, 7) is 6.28. The lowest BCUT2D eigenvalue weighted by atomic mass is 10.1. The number of carbonyl (C=O) groups is 3. The second kappa shape index (κ2) is 51.4. The van der Waals surface area contributed by atoms with Gasteiger partial charge >= 0.3 is 17.9 Å². The minimum Gasteiger partial charge on any atom is -0.462 e. The summed E-state index contributed by atoms with van der Waals surface area (Å²) in [4.78, 5) is 38.0. The normalized spacial score (nSPS) is 13.1. The fourth-order valence-electron chi connectivity index (χ4n) is 6.38. The van der Waals surface area contributed by atoms with Crippen molar-refractivity contribution in [3.63, 3.8) is 0 Å². The van der Waals surface area contributed by atoms with Crippen LogP contribution in [-0.2, 0) is 28.6 Å². The average Bonchev–Trinajstić information content (AvgIpc) is 3.29. The molecule has 0 bridgehead atoms. The molecule has 0 aliphatic carbocycles. The molecule has 1 atom stereocenters. The Morgan fingerprint density at radius 2 is 0.609 bits per heavy atom. The van der Waals surface area contributed by atoms with Crippen molar-refractivity contribution in [3.05, 3.63) is 122 Å². The Bertz CT molecular complexity index is 1390. The lowest BCUT2D eigenvalue weighted by molar-refractivity contribution is -0.167. The van der Waals surface area contributed by atoms with Crippen LogP contribution in [0.15, 0.2) is 122 Å². The predicted octanol–water partition coefficient (Wildman–Crippen LogP) is 16.9. The highest BCUT2D eigenvalue weighted by Gasteiger charge is 2.19. The molecule has 0 aromatic carbocycles. The maximum Gasteiger partial charge on any atom is 0.306 e. The van der Waals surface area contributed by atoms with Gasteiger partial charge in [-0.2, -0.15) is 0 Å². The van der Waals surface area contributed by atoms with Gasteiger partial charge in [-0.15, -0.1) is 0 Å². The van der Waals surface area contributed by atoms with E-state index in [9.17, 15) is 14.4 Å². The summed E-state index contributed by atoms with van der Waals surface area (Å²) in [5.74, 6) is -0.996. The van der Waals surface area contributed by atoms with Gasteiger partial charge in [-0.1, -0.05) is 187 Å². The maximum absolute atomic E-state index is 12.8. The van der Waals surface area contributed by atoms with Crippen molar-refractivity contribution < 1.29 is 28.6 Å². The number of carbonyl (C=O) groups excluding carboxylic acids is 3. The lowest BCUT2D eigenvalue weighted by Crippen LogP contribution is -2.30. The Kier molecular flexibility index (Phi) is 48.1. The Hall–Kier alpha value is -4.19. The molecule has 0 saturated carbocycles. The number of hydrogen-bond donors (Lipinski definition) is 0. The number of rotatable bonds is 44. The molecule has 0 heterocycles. The third-order valence-corrected chi connectivity index (χ3v) is 10.2. The molecule has 0 aliphatic heterocycles. The number of allylic oxidation sites excluding steroid dienone is 20. The van der Waals surface area contributed by atoms with Crippen molar-refractivity contribution in [2.45, 2.75) is 213 Å².